The highest BCUT2D eigenvalue weighted by Crippen LogP contribution is 2.28. The maximum atomic E-state index is 14.3. The van der Waals surface area contributed by atoms with E-state index in [0.29, 0.717) is 5.76 Å². The molecule has 3 rings (SSSR count). The summed E-state index contributed by atoms with van der Waals surface area (Å²) >= 11 is 0. The molecule has 0 amide bonds. The highest BCUT2D eigenvalue weighted by Gasteiger charge is 2.21. The van der Waals surface area contributed by atoms with Gasteiger partial charge in [0.05, 0.1) is 5.56 Å². The number of nitrogens with zero attached hydrogens (tertiary/aromatic N) is 2. The van der Waals surface area contributed by atoms with Crippen molar-refractivity contribution in [3.8, 4) is 17.1 Å². The fraction of sp³-hybridized carbons (Fsp3) is 0.167. The molecule has 1 aromatic carbocycles. The van der Waals surface area contributed by atoms with Crippen LogP contribution in [0.5, 0.6) is 5.75 Å². The monoisotopic (exact) mass is 344 g/mol. The molecule has 0 aliphatic rings. The second kappa shape index (κ2) is 6.80. The third-order valence-corrected chi connectivity index (χ3v) is 3.55. The first-order valence-corrected chi connectivity index (χ1v) is 7.57. The van der Waals surface area contributed by atoms with Crippen molar-refractivity contribution in [1.82, 2.24) is 9.97 Å². The highest BCUT2D eigenvalue weighted by atomic mass is 19.2. The first kappa shape index (κ1) is 16.8. The van der Waals surface area contributed by atoms with E-state index in [1.807, 2.05) is 6.92 Å². The summed E-state index contributed by atoms with van der Waals surface area (Å²) < 4.78 is 38.5. The molecule has 2 heterocycles. The quantitative estimate of drug-likeness (QED) is 0.526. The van der Waals surface area contributed by atoms with Crippen LogP contribution in [0.15, 0.2) is 41.1 Å². The molecule has 7 heteroatoms. The number of furan rings is 1. The standard InChI is InChI=1S/C18H14F2N2O3/c1-3-11-8-21-17(22-9-11)12-5-7-13(16(20)15(12)19)25-18(23)14-6-4-10(2)24-14/h4-9H,3H2,1-2H3. The molecule has 0 saturated carbocycles. The molecular formula is C18H14F2N2O3. The lowest BCUT2D eigenvalue weighted by Crippen LogP contribution is -2.09. The van der Waals surface area contributed by atoms with E-state index in [4.69, 9.17) is 9.15 Å². The Morgan fingerprint density at radius 3 is 2.44 bits per heavy atom. The summed E-state index contributed by atoms with van der Waals surface area (Å²) in [6, 6.07) is 5.37. The number of aromatic nitrogens is 2. The maximum Gasteiger partial charge on any atom is 0.379 e. The van der Waals surface area contributed by atoms with Crippen LogP contribution in [0.3, 0.4) is 0 Å². The molecule has 3 aromatic rings. The molecule has 5 nitrogen and oxygen atoms in total. The molecule has 0 bridgehead atoms. The molecule has 128 valence electrons. The van der Waals surface area contributed by atoms with Crippen molar-refractivity contribution in [2.45, 2.75) is 20.3 Å². The van der Waals surface area contributed by atoms with Crippen LogP contribution in [0.25, 0.3) is 11.4 Å². The largest absolute Gasteiger partial charge is 0.454 e. The van der Waals surface area contributed by atoms with Gasteiger partial charge in [-0.05, 0) is 43.2 Å². The number of carbonyl (C=O) groups excluding carboxylic acids is 1. The highest BCUT2D eigenvalue weighted by molar-refractivity contribution is 5.88. The Morgan fingerprint density at radius 1 is 1.12 bits per heavy atom. The molecule has 25 heavy (non-hydrogen) atoms. The summed E-state index contributed by atoms with van der Waals surface area (Å²) in [7, 11) is 0. The fourth-order valence-electron chi connectivity index (χ4n) is 2.15. The fourth-order valence-corrected chi connectivity index (χ4v) is 2.15. The van der Waals surface area contributed by atoms with Gasteiger partial charge in [-0.15, -0.1) is 0 Å². The number of hydrogen-bond acceptors (Lipinski definition) is 5. The number of ether oxygens (including phenoxy) is 1. The first-order chi connectivity index (χ1) is 12.0. The number of aryl methyl sites for hydroxylation is 2. The molecule has 0 spiro atoms. The van der Waals surface area contributed by atoms with Crippen molar-refractivity contribution in [3.63, 3.8) is 0 Å². The maximum absolute atomic E-state index is 14.3. The molecular weight excluding hydrogens is 330 g/mol. The Hall–Kier alpha value is -3.09. The predicted molar refractivity (Wildman–Crippen MR) is 85.2 cm³/mol. The Morgan fingerprint density at radius 2 is 1.84 bits per heavy atom. The minimum Gasteiger partial charge on any atom is -0.454 e. The molecule has 0 N–H and O–H groups in total. The molecule has 0 fully saturated rings. The molecule has 0 aliphatic heterocycles. The number of benzene rings is 1. The summed E-state index contributed by atoms with van der Waals surface area (Å²) in [5, 5.41) is 0. The number of esters is 1. The normalized spacial score (nSPS) is 10.7. The van der Waals surface area contributed by atoms with Gasteiger partial charge in [-0.25, -0.2) is 19.2 Å². The molecule has 0 saturated heterocycles. The van der Waals surface area contributed by atoms with Crippen LogP contribution < -0.4 is 4.74 Å². The first-order valence-electron chi connectivity index (χ1n) is 7.57. The Kier molecular flexibility index (Phi) is 4.56. The topological polar surface area (TPSA) is 65.2 Å². The van der Waals surface area contributed by atoms with E-state index >= 15 is 0 Å². The number of carbonyl (C=O) groups is 1. The van der Waals surface area contributed by atoms with Crippen molar-refractivity contribution >= 4 is 5.97 Å². The molecule has 0 aliphatic carbocycles. The summed E-state index contributed by atoms with van der Waals surface area (Å²) in [6.07, 6.45) is 3.83. The third kappa shape index (κ3) is 3.40. The van der Waals surface area contributed by atoms with E-state index in [2.05, 4.69) is 9.97 Å². The Bertz CT molecular complexity index is 921. The number of halogens is 2. The summed E-state index contributed by atoms with van der Waals surface area (Å²) in [6.45, 7) is 3.58. The van der Waals surface area contributed by atoms with Crippen molar-refractivity contribution < 1.29 is 22.7 Å². The summed E-state index contributed by atoms with van der Waals surface area (Å²) in [4.78, 5) is 19.9. The summed E-state index contributed by atoms with van der Waals surface area (Å²) in [5.41, 5.74) is 0.762. The van der Waals surface area contributed by atoms with Gasteiger partial charge in [0.25, 0.3) is 0 Å². The van der Waals surface area contributed by atoms with Crippen molar-refractivity contribution in [2.24, 2.45) is 0 Å². The van der Waals surface area contributed by atoms with Gasteiger partial charge < -0.3 is 9.15 Å². The van der Waals surface area contributed by atoms with E-state index in [-0.39, 0.29) is 17.1 Å². The van der Waals surface area contributed by atoms with Crippen LogP contribution in [0.2, 0.25) is 0 Å². The van der Waals surface area contributed by atoms with Crippen LogP contribution in [-0.4, -0.2) is 15.9 Å². The van der Waals surface area contributed by atoms with E-state index in [1.54, 1.807) is 25.4 Å². The average Bonchev–Trinajstić information content (AvgIpc) is 3.06. The van der Waals surface area contributed by atoms with Crippen LogP contribution in [0, 0.1) is 18.6 Å². The van der Waals surface area contributed by atoms with Crippen molar-refractivity contribution in [2.75, 3.05) is 0 Å². The van der Waals surface area contributed by atoms with E-state index in [0.717, 1.165) is 18.1 Å². The second-order valence-electron chi connectivity index (χ2n) is 5.31. The van der Waals surface area contributed by atoms with Gasteiger partial charge >= 0.3 is 5.97 Å². The van der Waals surface area contributed by atoms with Crippen molar-refractivity contribution in [3.05, 3.63) is 65.4 Å². The van der Waals surface area contributed by atoms with E-state index in [1.165, 1.54) is 12.1 Å². The molecule has 2 aromatic heterocycles. The van der Waals surface area contributed by atoms with Crippen LogP contribution in [0.1, 0.15) is 28.8 Å². The number of hydrogen-bond donors (Lipinski definition) is 0. The average molecular weight is 344 g/mol. The zero-order valence-electron chi connectivity index (χ0n) is 13.5. The lowest BCUT2D eigenvalue weighted by molar-refractivity contribution is 0.0692. The van der Waals surface area contributed by atoms with Gasteiger partial charge in [-0.3, -0.25) is 0 Å². The minimum atomic E-state index is -1.29. The predicted octanol–water partition coefficient (Wildman–Crippen LogP) is 4.10. The van der Waals surface area contributed by atoms with Crippen LogP contribution in [-0.2, 0) is 6.42 Å². The zero-order chi connectivity index (χ0) is 18.0. The van der Waals surface area contributed by atoms with Gasteiger partial charge in [0.1, 0.15) is 5.76 Å². The van der Waals surface area contributed by atoms with Gasteiger partial charge in [0.2, 0.25) is 11.6 Å². The van der Waals surface area contributed by atoms with Gasteiger partial charge in [0, 0.05) is 12.4 Å². The van der Waals surface area contributed by atoms with Gasteiger partial charge in [0.15, 0.2) is 17.4 Å². The number of rotatable bonds is 4. The summed E-state index contributed by atoms with van der Waals surface area (Å²) in [5.74, 6) is -3.48. The Balaban J connectivity index is 1.88. The van der Waals surface area contributed by atoms with Crippen LogP contribution in [0.4, 0.5) is 8.78 Å². The molecule has 0 radical (unpaired) electrons. The molecule has 0 atom stereocenters. The van der Waals surface area contributed by atoms with Gasteiger partial charge in [-0.2, -0.15) is 4.39 Å². The van der Waals surface area contributed by atoms with Crippen molar-refractivity contribution in [1.29, 1.82) is 0 Å². The lowest BCUT2D eigenvalue weighted by atomic mass is 10.1. The van der Waals surface area contributed by atoms with E-state index < -0.39 is 23.4 Å². The smallest absolute Gasteiger partial charge is 0.379 e. The van der Waals surface area contributed by atoms with Crippen LogP contribution >= 0.6 is 0 Å². The minimum absolute atomic E-state index is 0.0492. The second-order valence-corrected chi connectivity index (χ2v) is 5.31. The Labute approximate surface area is 142 Å². The zero-order valence-corrected chi connectivity index (χ0v) is 13.5. The SMILES string of the molecule is CCc1cnc(-c2ccc(OC(=O)c3ccc(C)o3)c(F)c2F)nc1. The van der Waals surface area contributed by atoms with E-state index in [9.17, 15) is 13.6 Å². The van der Waals surface area contributed by atoms with Gasteiger partial charge in [-0.1, -0.05) is 6.92 Å². The molecule has 0 unspecified atom stereocenters. The third-order valence-electron chi connectivity index (χ3n) is 3.55. The lowest BCUT2D eigenvalue weighted by Gasteiger charge is -2.08.